The molecule has 0 saturated heterocycles. The van der Waals surface area contributed by atoms with Crippen LogP contribution in [-0.4, -0.2) is 50.0 Å². The quantitative estimate of drug-likeness (QED) is 0.272. The van der Waals surface area contributed by atoms with Crippen LogP contribution in [0.5, 0.6) is 0 Å². The largest absolute Gasteiger partial charge is 0.375 e. The van der Waals surface area contributed by atoms with Crippen LogP contribution in [-0.2, 0) is 11.0 Å². The first-order valence-electron chi connectivity index (χ1n) is 9.67. The minimum absolute atomic E-state index is 0.0122. The average Bonchev–Trinajstić information content (AvgIpc) is 3.20. The van der Waals surface area contributed by atoms with Crippen LogP contribution in [0.1, 0.15) is 40.7 Å². The van der Waals surface area contributed by atoms with Gasteiger partial charge in [0.15, 0.2) is 5.82 Å². The molecule has 0 aliphatic heterocycles. The minimum atomic E-state index is -1.57. The van der Waals surface area contributed by atoms with Gasteiger partial charge < -0.3 is 20.2 Å². The molecule has 11 heteroatoms. The second-order valence-corrected chi connectivity index (χ2v) is 8.10. The van der Waals surface area contributed by atoms with Crippen LogP contribution in [0.4, 0.5) is 14.5 Å². The SMILES string of the molecule is CCCS(=O)Nc1ccc(F)c(C(=O)c2c[nH]c3ncc(C(C=N)C=NCO)cc23)c1F. The fourth-order valence-corrected chi connectivity index (χ4v) is 3.98. The Hall–Kier alpha value is -3.31. The fraction of sp³-hybridized carbons (Fsp3) is 0.238. The zero-order valence-electron chi connectivity index (χ0n) is 17.1. The van der Waals surface area contributed by atoms with Gasteiger partial charge in [-0.3, -0.25) is 9.79 Å². The monoisotopic (exact) mass is 461 g/mol. The van der Waals surface area contributed by atoms with Crippen molar-refractivity contribution in [3.63, 3.8) is 0 Å². The number of fused-ring (bicyclic) bond motifs is 1. The number of aliphatic hydroxyl groups excluding tert-OH is 1. The van der Waals surface area contributed by atoms with Gasteiger partial charge in [0.05, 0.1) is 17.2 Å². The topological polar surface area (TPSA) is 131 Å². The molecule has 2 heterocycles. The number of aliphatic imine (C=N–C) groups is 1. The third kappa shape index (κ3) is 4.78. The molecule has 0 aliphatic carbocycles. The molecule has 0 fully saturated rings. The zero-order chi connectivity index (χ0) is 23.3. The Morgan fingerprint density at radius 1 is 1.44 bits per heavy atom. The highest BCUT2D eigenvalue weighted by Crippen LogP contribution is 2.28. The van der Waals surface area contributed by atoms with Gasteiger partial charge in [-0.15, -0.1) is 0 Å². The molecule has 0 spiro atoms. The number of aromatic nitrogens is 2. The number of pyridine rings is 1. The molecule has 1 aromatic carbocycles. The molecule has 8 nitrogen and oxygen atoms in total. The van der Waals surface area contributed by atoms with E-state index >= 15 is 4.39 Å². The van der Waals surface area contributed by atoms with Crippen LogP contribution in [0, 0.1) is 17.0 Å². The number of benzene rings is 1. The van der Waals surface area contributed by atoms with Gasteiger partial charge in [-0.05, 0) is 30.2 Å². The van der Waals surface area contributed by atoms with E-state index in [1.165, 1.54) is 18.6 Å². The second-order valence-electron chi connectivity index (χ2n) is 6.80. The minimum Gasteiger partial charge on any atom is -0.375 e. The zero-order valence-corrected chi connectivity index (χ0v) is 17.9. The fourth-order valence-electron chi connectivity index (χ4n) is 3.11. The Bertz CT molecular complexity index is 1210. The Labute approximate surface area is 184 Å². The second kappa shape index (κ2) is 10.3. The molecule has 0 amide bonds. The number of hydrogen-bond donors (Lipinski definition) is 4. The third-order valence-electron chi connectivity index (χ3n) is 4.64. The Morgan fingerprint density at radius 2 is 2.22 bits per heavy atom. The first-order valence-corrected chi connectivity index (χ1v) is 11.0. The summed E-state index contributed by atoms with van der Waals surface area (Å²) in [5.41, 5.74) is -0.199. The molecular weight excluding hydrogens is 440 g/mol. The van der Waals surface area contributed by atoms with Crippen molar-refractivity contribution in [3.05, 3.63) is 58.9 Å². The van der Waals surface area contributed by atoms with Crippen molar-refractivity contribution in [1.29, 1.82) is 5.41 Å². The molecule has 3 rings (SSSR count). The lowest BCUT2D eigenvalue weighted by Gasteiger charge is -2.11. The predicted molar refractivity (Wildman–Crippen MR) is 120 cm³/mol. The number of rotatable bonds is 10. The number of anilines is 1. The number of H-pyrrole nitrogens is 1. The third-order valence-corrected chi connectivity index (χ3v) is 5.87. The normalized spacial score (nSPS) is 13.4. The van der Waals surface area contributed by atoms with Crippen molar-refractivity contribution in [3.8, 4) is 0 Å². The van der Waals surface area contributed by atoms with E-state index in [2.05, 4.69) is 19.7 Å². The summed E-state index contributed by atoms with van der Waals surface area (Å²) in [7, 11) is -1.57. The lowest BCUT2D eigenvalue weighted by atomic mass is 9.98. The summed E-state index contributed by atoms with van der Waals surface area (Å²) < 4.78 is 43.9. The van der Waals surface area contributed by atoms with Gasteiger partial charge in [0.2, 0.25) is 5.78 Å². The van der Waals surface area contributed by atoms with E-state index in [1.807, 2.05) is 6.92 Å². The summed E-state index contributed by atoms with van der Waals surface area (Å²) in [4.78, 5) is 23.8. The van der Waals surface area contributed by atoms with Crippen LogP contribution in [0.25, 0.3) is 11.0 Å². The number of carbonyl (C=O) groups excluding carboxylic acids is 1. The maximum absolute atomic E-state index is 15.0. The van der Waals surface area contributed by atoms with E-state index in [0.29, 0.717) is 23.0 Å². The summed E-state index contributed by atoms with van der Waals surface area (Å²) in [5, 5.41) is 16.7. The molecule has 2 aromatic heterocycles. The summed E-state index contributed by atoms with van der Waals surface area (Å²) >= 11 is 0. The van der Waals surface area contributed by atoms with Gasteiger partial charge in [-0.1, -0.05) is 6.92 Å². The van der Waals surface area contributed by atoms with E-state index in [-0.39, 0.29) is 17.0 Å². The van der Waals surface area contributed by atoms with Gasteiger partial charge in [-0.2, -0.15) is 0 Å². The van der Waals surface area contributed by atoms with Gasteiger partial charge >= 0.3 is 0 Å². The molecule has 4 N–H and O–H groups in total. The molecule has 0 aliphatic rings. The molecular formula is C21H21F2N5O3S. The molecule has 0 saturated carbocycles. The summed E-state index contributed by atoms with van der Waals surface area (Å²) in [6.07, 6.45) is 5.81. The number of hydrogen-bond acceptors (Lipinski definition) is 6. The molecule has 168 valence electrons. The number of nitrogens with one attached hydrogen (secondary N) is 3. The summed E-state index contributed by atoms with van der Waals surface area (Å²) in [6, 6.07) is 3.61. The maximum Gasteiger partial charge on any atom is 0.201 e. The Morgan fingerprint density at radius 3 is 2.91 bits per heavy atom. The number of aliphatic hydroxyl groups is 1. The van der Waals surface area contributed by atoms with Gasteiger partial charge in [0, 0.05) is 41.5 Å². The lowest BCUT2D eigenvalue weighted by Crippen LogP contribution is -2.13. The smallest absolute Gasteiger partial charge is 0.201 e. The van der Waals surface area contributed by atoms with Crippen LogP contribution < -0.4 is 4.72 Å². The van der Waals surface area contributed by atoms with Gasteiger partial charge in [-0.25, -0.2) is 18.0 Å². The number of aromatic amines is 1. The number of carbonyl (C=O) groups is 1. The predicted octanol–water partition coefficient (Wildman–Crippen LogP) is 3.31. The highest BCUT2D eigenvalue weighted by Gasteiger charge is 2.25. The van der Waals surface area contributed by atoms with Gasteiger partial charge in [0.25, 0.3) is 0 Å². The van der Waals surface area contributed by atoms with Crippen LogP contribution in [0.15, 0.2) is 35.6 Å². The van der Waals surface area contributed by atoms with Crippen molar-refractivity contribution >= 4 is 45.9 Å². The van der Waals surface area contributed by atoms with Crippen LogP contribution >= 0.6 is 0 Å². The molecule has 2 atom stereocenters. The molecule has 0 bridgehead atoms. The molecule has 0 radical (unpaired) electrons. The molecule has 3 aromatic rings. The van der Waals surface area contributed by atoms with Crippen molar-refractivity contribution in [2.75, 3.05) is 17.2 Å². The number of nitrogens with zero attached hydrogens (tertiary/aromatic N) is 2. The van der Waals surface area contributed by atoms with E-state index < -0.39 is 46.6 Å². The first kappa shape index (κ1) is 23.4. The van der Waals surface area contributed by atoms with Gasteiger partial charge in [0.1, 0.15) is 29.2 Å². The standard InChI is InChI=1S/C21H21F2N5O3S/c1-2-5-32(31)28-17-4-3-16(22)18(19(17)23)20(30)15-10-27-21-14(15)6-12(9-26-21)13(7-24)8-25-11-29/h3-4,6-10,13,24,28-29H,2,5,11H2,1H3,(H,26,27). The molecule has 32 heavy (non-hydrogen) atoms. The van der Waals surface area contributed by atoms with Crippen molar-refractivity contribution in [2.45, 2.75) is 19.3 Å². The molecule has 2 unspecified atom stereocenters. The lowest BCUT2D eigenvalue weighted by molar-refractivity contribution is 0.103. The Kier molecular flexibility index (Phi) is 7.54. The van der Waals surface area contributed by atoms with E-state index in [1.54, 1.807) is 6.07 Å². The highest BCUT2D eigenvalue weighted by molar-refractivity contribution is 7.86. The highest BCUT2D eigenvalue weighted by atomic mass is 32.2. The average molecular weight is 461 g/mol. The van der Waals surface area contributed by atoms with Crippen molar-refractivity contribution in [1.82, 2.24) is 9.97 Å². The van der Waals surface area contributed by atoms with Crippen molar-refractivity contribution < 1.29 is 22.9 Å². The number of ketones is 1. The van der Waals surface area contributed by atoms with E-state index in [0.717, 1.165) is 18.3 Å². The van der Waals surface area contributed by atoms with Crippen molar-refractivity contribution in [2.24, 2.45) is 4.99 Å². The number of halogens is 2. The first-order chi connectivity index (χ1) is 15.4. The Balaban J connectivity index is 2.05. The summed E-state index contributed by atoms with van der Waals surface area (Å²) in [5.74, 6) is -3.43. The summed E-state index contributed by atoms with van der Waals surface area (Å²) in [6.45, 7) is 1.37. The van der Waals surface area contributed by atoms with E-state index in [9.17, 15) is 13.4 Å². The van der Waals surface area contributed by atoms with E-state index in [4.69, 9.17) is 10.5 Å². The van der Waals surface area contributed by atoms with Crippen LogP contribution in [0.3, 0.4) is 0 Å². The maximum atomic E-state index is 15.0. The van der Waals surface area contributed by atoms with Crippen LogP contribution in [0.2, 0.25) is 0 Å².